The van der Waals surface area contributed by atoms with E-state index in [-0.39, 0.29) is 12.4 Å². The van der Waals surface area contributed by atoms with Crippen LogP contribution < -0.4 is 4.74 Å². The number of hydrogen-bond acceptors (Lipinski definition) is 2. The molecule has 1 aromatic rings. The number of ketones is 1. The number of carbonyl (C=O) groups excluding carboxylic acids is 1. The van der Waals surface area contributed by atoms with E-state index in [2.05, 4.69) is 19.9 Å². The van der Waals surface area contributed by atoms with Gasteiger partial charge in [-0.3, -0.25) is 4.79 Å². The highest BCUT2D eigenvalue weighted by Crippen LogP contribution is 2.16. The normalized spacial score (nSPS) is 10.5. The zero-order valence-electron chi connectivity index (χ0n) is 10.3. The van der Waals surface area contributed by atoms with Crippen molar-refractivity contribution in [3.63, 3.8) is 0 Å². The third-order valence-electron chi connectivity index (χ3n) is 2.34. The van der Waals surface area contributed by atoms with Crippen molar-refractivity contribution in [3.05, 3.63) is 29.8 Å². The van der Waals surface area contributed by atoms with E-state index in [0.717, 1.165) is 12.2 Å². The largest absolute Gasteiger partial charge is 0.486 e. The minimum Gasteiger partial charge on any atom is -0.486 e. The van der Waals surface area contributed by atoms with E-state index >= 15 is 0 Å². The second-order valence-corrected chi connectivity index (χ2v) is 4.43. The highest BCUT2D eigenvalue weighted by molar-refractivity contribution is 5.79. The molecule has 0 aliphatic rings. The van der Waals surface area contributed by atoms with Gasteiger partial charge in [0, 0.05) is 6.42 Å². The number of rotatable bonds is 6. The summed E-state index contributed by atoms with van der Waals surface area (Å²) < 4.78 is 5.43. The summed E-state index contributed by atoms with van der Waals surface area (Å²) >= 11 is 0. The minimum absolute atomic E-state index is 0.134. The van der Waals surface area contributed by atoms with Gasteiger partial charge < -0.3 is 4.74 Å². The van der Waals surface area contributed by atoms with Gasteiger partial charge in [-0.15, -0.1) is 0 Å². The molecular weight excluding hydrogens is 200 g/mol. The molecule has 0 heterocycles. The van der Waals surface area contributed by atoms with E-state index in [1.165, 1.54) is 5.56 Å². The molecule has 16 heavy (non-hydrogen) atoms. The van der Waals surface area contributed by atoms with E-state index in [9.17, 15) is 4.79 Å². The first-order valence-corrected chi connectivity index (χ1v) is 5.85. The first-order chi connectivity index (χ1) is 7.61. The number of hydrogen-bond donors (Lipinski definition) is 0. The first-order valence-electron chi connectivity index (χ1n) is 5.85. The van der Waals surface area contributed by atoms with Crippen molar-refractivity contribution in [2.45, 2.75) is 33.6 Å². The molecule has 0 bridgehead atoms. The van der Waals surface area contributed by atoms with Gasteiger partial charge in [0.2, 0.25) is 0 Å². The van der Waals surface area contributed by atoms with Crippen LogP contribution in [0.1, 0.15) is 32.8 Å². The van der Waals surface area contributed by atoms with Crippen LogP contribution in [-0.2, 0) is 11.2 Å². The van der Waals surface area contributed by atoms with Crippen LogP contribution in [-0.4, -0.2) is 12.4 Å². The highest BCUT2D eigenvalue weighted by Gasteiger charge is 2.02. The van der Waals surface area contributed by atoms with Gasteiger partial charge in [0.05, 0.1) is 0 Å². The lowest BCUT2D eigenvalue weighted by molar-refractivity contribution is -0.120. The Balaban J connectivity index is 2.56. The van der Waals surface area contributed by atoms with E-state index in [0.29, 0.717) is 12.3 Å². The van der Waals surface area contributed by atoms with Gasteiger partial charge in [0.1, 0.15) is 12.4 Å². The summed E-state index contributed by atoms with van der Waals surface area (Å²) in [4.78, 5) is 11.1. The molecule has 1 rings (SSSR count). The zero-order valence-corrected chi connectivity index (χ0v) is 10.3. The van der Waals surface area contributed by atoms with Crippen molar-refractivity contribution in [1.29, 1.82) is 0 Å². The summed E-state index contributed by atoms with van der Waals surface area (Å²) in [5.41, 5.74) is 1.26. The summed E-state index contributed by atoms with van der Waals surface area (Å²) in [6.45, 7) is 6.41. The number of Topliss-reactive ketones (excluding diaryl/α,β-unsaturated/α-hetero) is 1. The van der Waals surface area contributed by atoms with Crippen molar-refractivity contribution in [2.75, 3.05) is 6.61 Å². The summed E-state index contributed by atoms with van der Waals surface area (Å²) in [5, 5.41) is 0. The van der Waals surface area contributed by atoms with Crippen LogP contribution in [0.25, 0.3) is 0 Å². The van der Waals surface area contributed by atoms with Crippen LogP contribution in [0, 0.1) is 5.92 Å². The molecule has 0 spiro atoms. The molecule has 0 aliphatic heterocycles. The monoisotopic (exact) mass is 220 g/mol. The van der Waals surface area contributed by atoms with E-state index in [1.54, 1.807) is 0 Å². The van der Waals surface area contributed by atoms with E-state index < -0.39 is 0 Å². The number of benzene rings is 1. The molecule has 1 aromatic carbocycles. The number of ether oxygens (including phenoxy) is 1. The second kappa shape index (κ2) is 6.31. The molecule has 0 aliphatic carbocycles. The molecule has 0 fully saturated rings. The predicted octanol–water partition coefficient (Wildman–Crippen LogP) is 3.24. The lowest BCUT2D eigenvalue weighted by Gasteiger charge is -2.08. The molecule has 0 amide bonds. The molecule has 2 heteroatoms. The SMILES string of the molecule is CCC(=O)COc1cccc(CC(C)C)c1. The van der Waals surface area contributed by atoms with Crippen molar-refractivity contribution in [1.82, 2.24) is 0 Å². The van der Waals surface area contributed by atoms with Crippen molar-refractivity contribution in [3.8, 4) is 5.75 Å². The third-order valence-corrected chi connectivity index (χ3v) is 2.34. The van der Waals surface area contributed by atoms with Crippen LogP contribution in [0.15, 0.2) is 24.3 Å². The fraction of sp³-hybridized carbons (Fsp3) is 0.500. The van der Waals surface area contributed by atoms with Crippen LogP contribution in [0.3, 0.4) is 0 Å². The maximum atomic E-state index is 11.1. The van der Waals surface area contributed by atoms with Gasteiger partial charge in [-0.05, 0) is 30.0 Å². The molecule has 0 aromatic heterocycles. The Kier molecular flexibility index (Phi) is 5.03. The summed E-state index contributed by atoms with van der Waals surface area (Å²) in [6.07, 6.45) is 1.57. The highest BCUT2D eigenvalue weighted by atomic mass is 16.5. The molecule has 0 unspecified atom stereocenters. The average Bonchev–Trinajstić information content (AvgIpc) is 2.25. The molecule has 88 valence electrons. The maximum absolute atomic E-state index is 11.1. The molecule has 2 nitrogen and oxygen atoms in total. The van der Waals surface area contributed by atoms with Crippen LogP contribution >= 0.6 is 0 Å². The topological polar surface area (TPSA) is 26.3 Å². The Hall–Kier alpha value is -1.31. The Morgan fingerprint density at radius 2 is 2.12 bits per heavy atom. The maximum Gasteiger partial charge on any atom is 0.169 e. The molecule has 0 radical (unpaired) electrons. The molecule has 0 N–H and O–H groups in total. The molecule has 0 saturated carbocycles. The van der Waals surface area contributed by atoms with Crippen LogP contribution in [0.5, 0.6) is 5.75 Å². The third kappa shape index (κ3) is 4.47. The smallest absolute Gasteiger partial charge is 0.169 e. The lowest BCUT2D eigenvalue weighted by atomic mass is 10.0. The summed E-state index contributed by atoms with van der Waals surface area (Å²) in [6, 6.07) is 7.98. The summed E-state index contributed by atoms with van der Waals surface area (Å²) in [5.74, 6) is 1.56. The van der Waals surface area contributed by atoms with E-state index in [4.69, 9.17) is 4.74 Å². The Morgan fingerprint density at radius 3 is 2.75 bits per heavy atom. The standard InChI is InChI=1S/C14H20O2/c1-4-13(15)10-16-14-7-5-6-12(9-14)8-11(2)3/h5-7,9,11H,4,8,10H2,1-3H3. The fourth-order valence-corrected chi connectivity index (χ4v) is 1.50. The van der Waals surface area contributed by atoms with Crippen LogP contribution in [0.2, 0.25) is 0 Å². The van der Waals surface area contributed by atoms with Gasteiger partial charge in [0.15, 0.2) is 5.78 Å². The molecular formula is C14H20O2. The van der Waals surface area contributed by atoms with Crippen molar-refractivity contribution in [2.24, 2.45) is 5.92 Å². The second-order valence-electron chi connectivity index (χ2n) is 4.43. The number of carbonyl (C=O) groups is 1. The molecule has 0 saturated heterocycles. The average molecular weight is 220 g/mol. The Labute approximate surface area is 97.6 Å². The predicted molar refractivity (Wildman–Crippen MR) is 65.8 cm³/mol. The summed E-state index contributed by atoms with van der Waals surface area (Å²) in [7, 11) is 0. The van der Waals surface area contributed by atoms with Gasteiger partial charge in [-0.2, -0.15) is 0 Å². The van der Waals surface area contributed by atoms with Gasteiger partial charge in [-0.1, -0.05) is 32.9 Å². The zero-order chi connectivity index (χ0) is 12.0. The Bertz CT molecular complexity index is 342. The quantitative estimate of drug-likeness (QED) is 0.735. The van der Waals surface area contributed by atoms with E-state index in [1.807, 2.05) is 25.1 Å². The van der Waals surface area contributed by atoms with Gasteiger partial charge >= 0.3 is 0 Å². The van der Waals surface area contributed by atoms with Crippen molar-refractivity contribution >= 4 is 5.78 Å². The fourth-order valence-electron chi connectivity index (χ4n) is 1.50. The minimum atomic E-state index is 0.134. The van der Waals surface area contributed by atoms with Crippen LogP contribution in [0.4, 0.5) is 0 Å². The lowest BCUT2D eigenvalue weighted by Crippen LogP contribution is -2.09. The first kappa shape index (κ1) is 12.8. The van der Waals surface area contributed by atoms with Crippen molar-refractivity contribution < 1.29 is 9.53 Å². The van der Waals surface area contributed by atoms with Gasteiger partial charge in [0.25, 0.3) is 0 Å². The molecule has 0 atom stereocenters. The van der Waals surface area contributed by atoms with Gasteiger partial charge in [-0.25, -0.2) is 0 Å². The Morgan fingerprint density at radius 1 is 1.38 bits per heavy atom.